The Balaban J connectivity index is 1.99. The number of carbonyl (C=O) groups excluding carboxylic acids is 1. The molecular formula is C13H17F2NO2S. The second kappa shape index (κ2) is 6.32. The fraction of sp³-hybridized carbons (Fsp3) is 0.615. The molecular weight excluding hydrogens is 272 g/mol. The van der Waals surface area contributed by atoms with Gasteiger partial charge in [0.25, 0.3) is 5.91 Å². The van der Waals surface area contributed by atoms with Crippen LogP contribution in [0.2, 0.25) is 0 Å². The fourth-order valence-corrected chi connectivity index (χ4v) is 3.30. The topological polar surface area (TPSA) is 29.5 Å². The zero-order valence-electron chi connectivity index (χ0n) is 10.8. The van der Waals surface area contributed by atoms with Crippen molar-refractivity contribution in [3.63, 3.8) is 0 Å². The van der Waals surface area contributed by atoms with Crippen LogP contribution in [0.1, 0.15) is 35.4 Å². The third-order valence-corrected chi connectivity index (χ3v) is 4.28. The molecule has 0 aliphatic heterocycles. The highest BCUT2D eigenvalue weighted by atomic mass is 32.1. The molecule has 1 saturated carbocycles. The van der Waals surface area contributed by atoms with Crippen molar-refractivity contribution in [1.82, 2.24) is 4.90 Å². The van der Waals surface area contributed by atoms with Gasteiger partial charge in [0.15, 0.2) is 0 Å². The Morgan fingerprint density at radius 3 is 2.84 bits per heavy atom. The molecule has 0 aromatic carbocycles. The molecule has 1 amide bonds. The van der Waals surface area contributed by atoms with Crippen molar-refractivity contribution >= 4 is 17.2 Å². The number of rotatable bonds is 5. The molecule has 1 fully saturated rings. The molecule has 19 heavy (non-hydrogen) atoms. The quantitative estimate of drug-likeness (QED) is 0.828. The van der Waals surface area contributed by atoms with E-state index in [0.717, 1.165) is 24.2 Å². The largest absolute Gasteiger partial charge is 0.433 e. The minimum Gasteiger partial charge on any atom is -0.433 e. The smallest absolute Gasteiger partial charge is 0.387 e. The van der Waals surface area contributed by atoms with E-state index >= 15 is 0 Å². The zero-order valence-corrected chi connectivity index (χ0v) is 11.6. The Morgan fingerprint density at radius 2 is 2.21 bits per heavy atom. The first-order valence-electron chi connectivity index (χ1n) is 6.35. The number of hydrogen-bond acceptors (Lipinski definition) is 3. The van der Waals surface area contributed by atoms with Crippen molar-refractivity contribution in [2.24, 2.45) is 5.92 Å². The summed E-state index contributed by atoms with van der Waals surface area (Å²) in [6.07, 6.45) is 4.71. The number of nitrogens with zero attached hydrogens (tertiary/aromatic N) is 1. The van der Waals surface area contributed by atoms with Gasteiger partial charge < -0.3 is 9.64 Å². The van der Waals surface area contributed by atoms with E-state index in [2.05, 4.69) is 4.74 Å². The van der Waals surface area contributed by atoms with Gasteiger partial charge in [0.1, 0.15) is 10.6 Å². The van der Waals surface area contributed by atoms with E-state index in [1.165, 1.54) is 18.9 Å². The van der Waals surface area contributed by atoms with Crippen LogP contribution < -0.4 is 4.74 Å². The van der Waals surface area contributed by atoms with Gasteiger partial charge in [0, 0.05) is 13.6 Å². The molecule has 2 rings (SSSR count). The summed E-state index contributed by atoms with van der Waals surface area (Å²) in [5.41, 5.74) is 0. The van der Waals surface area contributed by atoms with E-state index in [1.807, 2.05) is 0 Å². The first kappa shape index (κ1) is 14.2. The summed E-state index contributed by atoms with van der Waals surface area (Å²) in [4.78, 5) is 14.1. The summed E-state index contributed by atoms with van der Waals surface area (Å²) in [6, 6.07) is 1.41. The van der Waals surface area contributed by atoms with Gasteiger partial charge in [-0.1, -0.05) is 12.8 Å². The van der Waals surface area contributed by atoms with Gasteiger partial charge in [-0.3, -0.25) is 4.79 Å². The number of halogens is 2. The molecule has 106 valence electrons. The molecule has 0 spiro atoms. The van der Waals surface area contributed by atoms with Gasteiger partial charge >= 0.3 is 6.61 Å². The van der Waals surface area contributed by atoms with Crippen LogP contribution in [-0.2, 0) is 0 Å². The Morgan fingerprint density at radius 1 is 1.53 bits per heavy atom. The SMILES string of the molecule is CN(CC1CCCC1)C(=O)c1sccc1OC(F)F. The van der Waals surface area contributed by atoms with Gasteiger partial charge in [-0.25, -0.2) is 0 Å². The van der Waals surface area contributed by atoms with Crippen molar-refractivity contribution in [1.29, 1.82) is 0 Å². The number of ether oxygens (including phenoxy) is 1. The molecule has 1 aromatic rings. The number of thiophene rings is 1. The van der Waals surface area contributed by atoms with E-state index in [9.17, 15) is 13.6 Å². The van der Waals surface area contributed by atoms with Crippen LogP contribution in [0.5, 0.6) is 5.75 Å². The second-order valence-electron chi connectivity index (χ2n) is 4.83. The van der Waals surface area contributed by atoms with Crippen molar-refractivity contribution in [2.45, 2.75) is 32.3 Å². The van der Waals surface area contributed by atoms with E-state index in [1.54, 1.807) is 17.3 Å². The van der Waals surface area contributed by atoms with Crippen LogP contribution in [0.4, 0.5) is 8.78 Å². The molecule has 0 unspecified atom stereocenters. The van der Waals surface area contributed by atoms with E-state index in [4.69, 9.17) is 0 Å². The Kier molecular flexibility index (Phi) is 4.74. The zero-order chi connectivity index (χ0) is 13.8. The van der Waals surface area contributed by atoms with Gasteiger partial charge in [-0.15, -0.1) is 11.3 Å². The van der Waals surface area contributed by atoms with E-state index < -0.39 is 6.61 Å². The van der Waals surface area contributed by atoms with Crippen LogP contribution in [0, 0.1) is 5.92 Å². The average molecular weight is 289 g/mol. The molecule has 3 nitrogen and oxygen atoms in total. The maximum atomic E-state index is 12.2. The minimum absolute atomic E-state index is 0.0247. The lowest BCUT2D eigenvalue weighted by molar-refractivity contribution is -0.0499. The highest BCUT2D eigenvalue weighted by Crippen LogP contribution is 2.29. The van der Waals surface area contributed by atoms with E-state index in [-0.39, 0.29) is 16.5 Å². The van der Waals surface area contributed by atoms with Gasteiger partial charge in [-0.05, 0) is 30.2 Å². The second-order valence-corrected chi connectivity index (χ2v) is 5.74. The molecule has 0 radical (unpaired) electrons. The Bertz CT molecular complexity index is 430. The summed E-state index contributed by atoms with van der Waals surface area (Å²) in [7, 11) is 1.71. The van der Waals surface area contributed by atoms with Gasteiger partial charge in [0.05, 0.1) is 0 Å². The van der Waals surface area contributed by atoms with Crippen LogP contribution >= 0.6 is 11.3 Å². The Labute approximate surface area is 115 Å². The molecule has 1 aliphatic rings. The molecule has 1 heterocycles. The number of amides is 1. The predicted molar refractivity (Wildman–Crippen MR) is 69.9 cm³/mol. The highest BCUT2D eigenvalue weighted by molar-refractivity contribution is 7.12. The molecule has 6 heteroatoms. The van der Waals surface area contributed by atoms with Crippen LogP contribution in [0.15, 0.2) is 11.4 Å². The fourth-order valence-electron chi connectivity index (χ4n) is 2.48. The van der Waals surface area contributed by atoms with Crippen LogP contribution in [-0.4, -0.2) is 31.0 Å². The van der Waals surface area contributed by atoms with E-state index in [0.29, 0.717) is 12.5 Å². The van der Waals surface area contributed by atoms with Crippen LogP contribution in [0.25, 0.3) is 0 Å². The lowest BCUT2D eigenvalue weighted by Gasteiger charge is -2.21. The normalized spacial score (nSPS) is 16.0. The first-order valence-corrected chi connectivity index (χ1v) is 7.23. The number of alkyl halides is 2. The highest BCUT2D eigenvalue weighted by Gasteiger charge is 2.24. The minimum atomic E-state index is -2.90. The lowest BCUT2D eigenvalue weighted by Crippen LogP contribution is -2.30. The standard InChI is InChI=1S/C13H17F2NO2S/c1-16(8-9-4-2-3-5-9)12(17)11-10(6-7-19-11)18-13(14)15/h6-7,9,13H,2-5,8H2,1H3. The first-order chi connectivity index (χ1) is 9.08. The third-order valence-electron chi connectivity index (χ3n) is 3.39. The summed E-state index contributed by atoms with van der Waals surface area (Å²) in [5.74, 6) is 0.272. The average Bonchev–Trinajstić information content (AvgIpc) is 2.98. The van der Waals surface area contributed by atoms with Crippen LogP contribution in [0.3, 0.4) is 0 Å². The third kappa shape index (κ3) is 3.65. The van der Waals surface area contributed by atoms with Crippen molar-refractivity contribution in [3.05, 3.63) is 16.3 Å². The molecule has 0 bridgehead atoms. The predicted octanol–water partition coefficient (Wildman–Crippen LogP) is 3.61. The maximum Gasteiger partial charge on any atom is 0.387 e. The summed E-state index contributed by atoms with van der Waals surface area (Å²) in [5, 5.41) is 1.59. The lowest BCUT2D eigenvalue weighted by atomic mass is 10.1. The van der Waals surface area contributed by atoms with Crippen molar-refractivity contribution in [2.75, 3.05) is 13.6 Å². The summed E-state index contributed by atoms with van der Waals surface area (Å²) in [6.45, 7) is -2.22. The molecule has 0 saturated heterocycles. The number of carbonyl (C=O) groups is 1. The molecule has 1 aliphatic carbocycles. The molecule has 0 atom stereocenters. The number of hydrogen-bond donors (Lipinski definition) is 0. The van der Waals surface area contributed by atoms with Gasteiger partial charge in [-0.2, -0.15) is 8.78 Å². The van der Waals surface area contributed by atoms with Crippen molar-refractivity contribution < 1.29 is 18.3 Å². The monoisotopic (exact) mass is 289 g/mol. The maximum absolute atomic E-state index is 12.2. The molecule has 0 N–H and O–H groups in total. The molecule has 1 aromatic heterocycles. The summed E-state index contributed by atoms with van der Waals surface area (Å²) >= 11 is 1.14. The van der Waals surface area contributed by atoms with Crippen molar-refractivity contribution in [3.8, 4) is 5.75 Å². The van der Waals surface area contributed by atoms with Gasteiger partial charge in [0.2, 0.25) is 0 Å². The Hall–Kier alpha value is -1.17. The summed E-state index contributed by atoms with van der Waals surface area (Å²) < 4.78 is 28.8.